The van der Waals surface area contributed by atoms with Gasteiger partial charge in [0.05, 0.1) is 4.90 Å². The van der Waals surface area contributed by atoms with Gasteiger partial charge in [0, 0.05) is 25.5 Å². The predicted molar refractivity (Wildman–Crippen MR) is 86.4 cm³/mol. The molecule has 2 rings (SSSR count). The summed E-state index contributed by atoms with van der Waals surface area (Å²) in [5, 5.41) is 0. The first kappa shape index (κ1) is 16.8. The largest absolute Gasteiger partial charge is 0.333 e. The van der Waals surface area contributed by atoms with Crippen LogP contribution in [0.25, 0.3) is 0 Å². The molecule has 1 aromatic rings. The van der Waals surface area contributed by atoms with E-state index in [-0.39, 0.29) is 4.90 Å². The van der Waals surface area contributed by atoms with E-state index in [4.69, 9.17) is 4.18 Å². The molecule has 0 spiro atoms. The molecule has 0 aromatic heterocycles. The van der Waals surface area contributed by atoms with Gasteiger partial charge in [0.1, 0.15) is 0 Å². The molecule has 0 N–H and O–H groups in total. The Morgan fingerprint density at radius 2 is 1.73 bits per heavy atom. The lowest BCUT2D eigenvalue weighted by molar-refractivity contribution is -0.0187. The van der Waals surface area contributed by atoms with Gasteiger partial charge < -0.3 is 9.80 Å². The Hall–Kier alpha value is -1.53. The average Bonchev–Trinajstić information content (AvgIpc) is 2.87. The summed E-state index contributed by atoms with van der Waals surface area (Å²) < 4.78 is 30.5. The minimum Gasteiger partial charge on any atom is -0.333 e. The maximum Gasteiger partial charge on any atom is 0.300 e. The zero-order valence-electron chi connectivity index (χ0n) is 13.4. The molecular weight excluding hydrogens is 300 g/mol. The van der Waals surface area contributed by atoms with Crippen LogP contribution in [-0.2, 0) is 14.3 Å². The van der Waals surface area contributed by atoms with Gasteiger partial charge >= 0.3 is 0 Å². The molecule has 5 nitrogen and oxygen atoms in total. The number of aryl methyl sites for hydroxylation is 1. The fourth-order valence-electron chi connectivity index (χ4n) is 2.28. The van der Waals surface area contributed by atoms with Crippen molar-refractivity contribution in [2.75, 3.05) is 13.1 Å². The molecule has 1 aliphatic rings. The number of unbranched alkanes of at least 4 members (excludes halogenated alkanes) is 1. The first-order chi connectivity index (χ1) is 10.5. The van der Waals surface area contributed by atoms with E-state index in [9.17, 15) is 8.42 Å². The molecular formula is C16H24N2O3S. The normalized spacial score (nSPS) is 18.2. The summed E-state index contributed by atoms with van der Waals surface area (Å²) in [4.78, 5) is 4.00. The lowest BCUT2D eigenvalue weighted by atomic mass is 10.2. The maximum absolute atomic E-state index is 12.5. The van der Waals surface area contributed by atoms with Gasteiger partial charge in [-0.05, 0) is 32.4 Å². The molecule has 0 fully saturated rings. The monoisotopic (exact) mass is 324 g/mol. The van der Waals surface area contributed by atoms with Gasteiger partial charge in [-0.25, -0.2) is 4.18 Å². The quantitative estimate of drug-likeness (QED) is 0.722. The Morgan fingerprint density at radius 1 is 1.09 bits per heavy atom. The van der Waals surface area contributed by atoms with Crippen molar-refractivity contribution in [1.82, 2.24) is 9.80 Å². The van der Waals surface area contributed by atoms with Crippen LogP contribution in [0.15, 0.2) is 41.6 Å². The van der Waals surface area contributed by atoms with Crippen LogP contribution in [0.3, 0.4) is 0 Å². The van der Waals surface area contributed by atoms with Gasteiger partial charge in [-0.3, -0.25) is 0 Å². The van der Waals surface area contributed by atoms with Gasteiger partial charge in [-0.1, -0.05) is 31.0 Å². The van der Waals surface area contributed by atoms with Gasteiger partial charge in [0.25, 0.3) is 10.1 Å². The van der Waals surface area contributed by atoms with E-state index in [0.717, 1.165) is 24.9 Å². The van der Waals surface area contributed by atoms with E-state index in [1.165, 1.54) is 0 Å². The minimum absolute atomic E-state index is 0.191. The second-order valence-corrected chi connectivity index (χ2v) is 6.98. The first-order valence-electron chi connectivity index (χ1n) is 7.67. The molecule has 1 atom stereocenters. The van der Waals surface area contributed by atoms with Crippen molar-refractivity contribution in [3.8, 4) is 0 Å². The summed E-state index contributed by atoms with van der Waals surface area (Å²) >= 11 is 0. The van der Waals surface area contributed by atoms with Crippen molar-refractivity contribution in [2.24, 2.45) is 0 Å². The van der Waals surface area contributed by atoms with Crippen molar-refractivity contribution in [1.29, 1.82) is 0 Å². The standard InChI is InChI=1S/C16H24N2O3S/c1-4-6-11-18-13-12-17(5-2)16(18)21-22(19,20)15-9-7-14(3)8-10-15/h7-10,12-13,16H,4-6,11H2,1-3H3. The van der Waals surface area contributed by atoms with Crippen LogP contribution in [-0.4, -0.2) is 37.7 Å². The Bertz CT molecular complexity index is 611. The third kappa shape index (κ3) is 3.81. The van der Waals surface area contributed by atoms with Crippen LogP contribution in [0.5, 0.6) is 0 Å². The predicted octanol–water partition coefficient (Wildman–Crippen LogP) is 2.89. The topological polar surface area (TPSA) is 49.9 Å². The highest BCUT2D eigenvalue weighted by molar-refractivity contribution is 7.86. The van der Waals surface area contributed by atoms with Gasteiger partial charge in [-0.15, -0.1) is 0 Å². The lowest BCUT2D eigenvalue weighted by Gasteiger charge is -2.30. The molecule has 1 aromatic carbocycles. The lowest BCUT2D eigenvalue weighted by Crippen LogP contribution is -2.42. The van der Waals surface area contributed by atoms with E-state index in [1.807, 2.05) is 36.0 Å². The van der Waals surface area contributed by atoms with Gasteiger partial charge in [-0.2, -0.15) is 8.42 Å². The van der Waals surface area contributed by atoms with Crippen LogP contribution in [0.2, 0.25) is 0 Å². The smallest absolute Gasteiger partial charge is 0.300 e. The molecule has 0 amide bonds. The number of benzene rings is 1. The van der Waals surface area contributed by atoms with Crippen molar-refractivity contribution in [3.63, 3.8) is 0 Å². The second-order valence-electron chi connectivity index (χ2n) is 5.41. The third-order valence-corrected chi connectivity index (χ3v) is 4.95. The summed E-state index contributed by atoms with van der Waals surface area (Å²) in [7, 11) is -3.78. The number of hydrogen-bond acceptors (Lipinski definition) is 5. The van der Waals surface area contributed by atoms with E-state index >= 15 is 0 Å². The Kier molecular flexibility index (Phi) is 5.47. The highest BCUT2D eigenvalue weighted by atomic mass is 32.2. The number of nitrogens with zero attached hydrogens (tertiary/aromatic N) is 2. The van der Waals surface area contributed by atoms with Crippen molar-refractivity contribution in [3.05, 3.63) is 42.2 Å². The van der Waals surface area contributed by atoms with Crippen LogP contribution < -0.4 is 0 Å². The molecule has 0 bridgehead atoms. The summed E-state index contributed by atoms with van der Waals surface area (Å²) in [6.07, 6.45) is 5.22. The fourth-order valence-corrected chi connectivity index (χ4v) is 3.31. The summed E-state index contributed by atoms with van der Waals surface area (Å²) in [6, 6.07) is 6.71. The van der Waals surface area contributed by atoms with E-state index < -0.39 is 16.5 Å². The Morgan fingerprint density at radius 3 is 2.32 bits per heavy atom. The summed E-state index contributed by atoms with van der Waals surface area (Å²) in [6.45, 7) is 7.47. The molecule has 6 heteroatoms. The van der Waals surface area contributed by atoms with E-state index in [2.05, 4.69) is 6.92 Å². The van der Waals surface area contributed by atoms with Crippen molar-refractivity contribution in [2.45, 2.75) is 44.9 Å². The highest BCUT2D eigenvalue weighted by Gasteiger charge is 2.31. The van der Waals surface area contributed by atoms with E-state index in [1.54, 1.807) is 24.3 Å². The molecule has 0 saturated carbocycles. The van der Waals surface area contributed by atoms with Crippen LogP contribution >= 0.6 is 0 Å². The minimum atomic E-state index is -3.78. The van der Waals surface area contributed by atoms with Crippen LogP contribution in [0.1, 0.15) is 32.3 Å². The molecule has 1 unspecified atom stereocenters. The summed E-state index contributed by atoms with van der Waals surface area (Å²) in [5.41, 5.74) is 1.02. The van der Waals surface area contributed by atoms with Crippen molar-refractivity contribution >= 4 is 10.1 Å². The summed E-state index contributed by atoms with van der Waals surface area (Å²) in [5.74, 6) is 0. The molecule has 0 saturated heterocycles. The molecule has 0 radical (unpaired) electrons. The van der Waals surface area contributed by atoms with Gasteiger partial charge in [0.15, 0.2) is 0 Å². The first-order valence-corrected chi connectivity index (χ1v) is 9.08. The fraction of sp³-hybridized carbons (Fsp3) is 0.500. The number of hydrogen-bond donors (Lipinski definition) is 0. The number of rotatable bonds is 7. The Balaban J connectivity index is 2.16. The zero-order valence-corrected chi connectivity index (χ0v) is 14.2. The Labute approximate surface area is 133 Å². The zero-order chi connectivity index (χ0) is 16.2. The van der Waals surface area contributed by atoms with Crippen LogP contribution in [0, 0.1) is 6.92 Å². The average molecular weight is 324 g/mol. The maximum atomic E-state index is 12.5. The molecule has 22 heavy (non-hydrogen) atoms. The van der Waals surface area contributed by atoms with E-state index in [0.29, 0.717) is 6.54 Å². The molecule has 1 heterocycles. The molecule has 0 aliphatic carbocycles. The SMILES string of the molecule is CCCCN1C=CN(CC)C1OS(=O)(=O)c1ccc(C)cc1. The highest BCUT2D eigenvalue weighted by Crippen LogP contribution is 2.23. The third-order valence-electron chi connectivity index (χ3n) is 3.67. The molecule has 122 valence electrons. The second kappa shape index (κ2) is 7.15. The van der Waals surface area contributed by atoms with Crippen LogP contribution in [0.4, 0.5) is 0 Å². The van der Waals surface area contributed by atoms with Crippen molar-refractivity contribution < 1.29 is 12.6 Å². The van der Waals surface area contributed by atoms with Gasteiger partial charge in [0.2, 0.25) is 6.35 Å². The molecule has 1 aliphatic heterocycles.